The van der Waals surface area contributed by atoms with Crippen molar-refractivity contribution in [3.8, 4) is 5.75 Å². The molecule has 0 spiro atoms. The van der Waals surface area contributed by atoms with Crippen LogP contribution >= 0.6 is 0 Å². The molecule has 1 unspecified atom stereocenters. The third kappa shape index (κ3) is 7.39. The van der Waals surface area contributed by atoms with E-state index in [4.69, 9.17) is 4.74 Å². The molecule has 0 aliphatic heterocycles. The first-order valence-electron chi connectivity index (χ1n) is 12.9. The highest BCUT2D eigenvalue weighted by Gasteiger charge is 2.35. The van der Waals surface area contributed by atoms with Crippen LogP contribution in [0.2, 0.25) is 0 Å². The minimum atomic E-state index is -1.49. The van der Waals surface area contributed by atoms with Crippen molar-refractivity contribution in [1.29, 1.82) is 0 Å². The number of hydrogen-bond donors (Lipinski definition) is 3. The number of aromatic nitrogens is 1. The van der Waals surface area contributed by atoms with E-state index in [9.17, 15) is 33.1 Å². The Morgan fingerprint density at radius 1 is 1.12 bits per heavy atom. The monoisotopic (exact) mass is 582 g/mol. The molecule has 3 N–H and O–H groups in total. The van der Waals surface area contributed by atoms with E-state index in [1.807, 2.05) is 0 Å². The van der Waals surface area contributed by atoms with Crippen LogP contribution in [0.15, 0.2) is 72.2 Å². The smallest absolute Gasteiger partial charge is 0.427 e. The maximum Gasteiger partial charge on any atom is 0.427 e. The Hall–Kier alpha value is -5.00. The number of amides is 3. The average Bonchev–Trinajstić information content (AvgIpc) is 2.91. The molecule has 222 valence electrons. The summed E-state index contributed by atoms with van der Waals surface area (Å²) in [5, 5.41) is 15.9. The Labute approximate surface area is 241 Å². The summed E-state index contributed by atoms with van der Waals surface area (Å²) >= 11 is 0. The molecule has 0 aliphatic rings. The van der Waals surface area contributed by atoms with Crippen molar-refractivity contribution < 1.29 is 33.0 Å². The van der Waals surface area contributed by atoms with Crippen molar-refractivity contribution in [2.45, 2.75) is 52.4 Å². The van der Waals surface area contributed by atoms with Crippen molar-refractivity contribution in [2.24, 2.45) is 0 Å². The van der Waals surface area contributed by atoms with Crippen LogP contribution in [0.25, 0.3) is 0 Å². The van der Waals surface area contributed by atoms with Gasteiger partial charge in [-0.1, -0.05) is 42.5 Å². The second-order valence-electron chi connectivity index (χ2n) is 10.3. The van der Waals surface area contributed by atoms with Crippen LogP contribution in [0.3, 0.4) is 0 Å². The predicted molar refractivity (Wildman–Crippen MR) is 152 cm³/mol. The number of benzene rings is 2. The van der Waals surface area contributed by atoms with Gasteiger partial charge in [0.25, 0.3) is 11.8 Å². The lowest BCUT2D eigenvalue weighted by Crippen LogP contribution is -2.55. The average molecular weight is 583 g/mol. The number of carbonyl (C=O) groups is 3. The fourth-order valence-electron chi connectivity index (χ4n) is 3.94. The Morgan fingerprint density at radius 3 is 2.36 bits per heavy atom. The van der Waals surface area contributed by atoms with Crippen LogP contribution in [-0.4, -0.2) is 39.3 Å². The second kappa shape index (κ2) is 13.1. The first-order chi connectivity index (χ1) is 19.7. The van der Waals surface area contributed by atoms with Gasteiger partial charge in [0.1, 0.15) is 23.8 Å². The van der Waals surface area contributed by atoms with E-state index in [0.717, 1.165) is 28.0 Å². The van der Waals surface area contributed by atoms with Gasteiger partial charge in [0, 0.05) is 30.4 Å². The van der Waals surface area contributed by atoms with Gasteiger partial charge in [-0.05, 0) is 39.3 Å². The molecule has 42 heavy (non-hydrogen) atoms. The minimum absolute atomic E-state index is 0.0538. The zero-order valence-corrected chi connectivity index (χ0v) is 23.6. The summed E-state index contributed by atoms with van der Waals surface area (Å²) in [6.07, 6.45) is 0.853. The number of rotatable bonds is 10. The second-order valence-corrected chi connectivity index (χ2v) is 10.3. The van der Waals surface area contributed by atoms with Crippen molar-refractivity contribution in [3.05, 3.63) is 112 Å². The first kappa shape index (κ1) is 31.5. The molecule has 12 heteroatoms. The van der Waals surface area contributed by atoms with Gasteiger partial charge in [0.2, 0.25) is 5.43 Å². The van der Waals surface area contributed by atoms with E-state index in [1.165, 1.54) is 6.08 Å². The molecule has 1 atom stereocenters. The quantitative estimate of drug-likeness (QED) is 0.305. The predicted octanol–water partition coefficient (Wildman–Crippen LogP) is 4.35. The number of halogens is 2. The molecule has 0 bridgehead atoms. The molecule has 0 radical (unpaired) electrons. The highest BCUT2D eigenvalue weighted by Crippen LogP contribution is 2.23. The number of ether oxygens (including phenoxy) is 1. The molecular formula is C30H32F2N4O6. The Morgan fingerprint density at radius 2 is 1.79 bits per heavy atom. The lowest BCUT2D eigenvalue weighted by Gasteiger charge is -2.36. The highest BCUT2D eigenvalue weighted by molar-refractivity contribution is 5.99. The van der Waals surface area contributed by atoms with Crippen LogP contribution in [0.5, 0.6) is 5.75 Å². The Bertz CT molecular complexity index is 1550. The minimum Gasteiger partial charge on any atom is -0.482 e. The summed E-state index contributed by atoms with van der Waals surface area (Å²) in [6.45, 7) is 9.29. The van der Waals surface area contributed by atoms with Gasteiger partial charge in [0.05, 0.1) is 5.54 Å². The number of nitrogens with one attached hydrogen (secondary N) is 2. The molecule has 10 nitrogen and oxygen atoms in total. The van der Waals surface area contributed by atoms with E-state index in [0.29, 0.717) is 11.6 Å². The number of carboxylic acid groups (broad SMARTS) is 1. The molecule has 0 saturated carbocycles. The number of nitrogens with zero attached hydrogens (tertiary/aromatic N) is 2. The lowest BCUT2D eigenvalue weighted by atomic mass is 10.1. The fourth-order valence-corrected chi connectivity index (χ4v) is 3.94. The summed E-state index contributed by atoms with van der Waals surface area (Å²) in [4.78, 5) is 53.1. The normalized spacial score (nSPS) is 11.8. The van der Waals surface area contributed by atoms with Crippen LogP contribution in [0.4, 0.5) is 13.6 Å². The largest absolute Gasteiger partial charge is 0.482 e. The van der Waals surface area contributed by atoms with E-state index in [2.05, 4.69) is 17.2 Å². The van der Waals surface area contributed by atoms with Gasteiger partial charge in [0.15, 0.2) is 11.4 Å². The van der Waals surface area contributed by atoms with E-state index < -0.39 is 70.1 Å². The molecular weight excluding hydrogens is 550 g/mol. The van der Waals surface area contributed by atoms with Crippen LogP contribution in [0, 0.1) is 11.6 Å². The summed E-state index contributed by atoms with van der Waals surface area (Å²) in [7, 11) is 0. The molecule has 3 rings (SSSR count). The number of hydrogen-bond acceptors (Lipinski definition) is 5. The molecule has 3 amide bonds. The van der Waals surface area contributed by atoms with Gasteiger partial charge >= 0.3 is 6.09 Å². The van der Waals surface area contributed by atoms with E-state index >= 15 is 0 Å². The third-order valence-electron chi connectivity index (χ3n) is 6.03. The maximum absolute atomic E-state index is 14.2. The van der Waals surface area contributed by atoms with Gasteiger partial charge in [-0.15, -0.1) is 6.58 Å². The summed E-state index contributed by atoms with van der Waals surface area (Å²) < 4.78 is 34.2. The Kier molecular flexibility index (Phi) is 9.84. The standard InChI is InChI=1S/C30H32F2N4O6/c1-6-18(2)34-28(39)24-26(42-17-19-10-8-7-9-11-19)25(37)22(16-35(24)36(29(40)41)30(3,4)5)27(38)33-15-20-12-13-21(31)14-23(20)32/h6-14,16,18H,1,15,17H2,2-5H3,(H,33,38)(H,34,39)(H,40,41). The number of carbonyl (C=O) groups excluding carboxylic acids is 2. The molecule has 0 fully saturated rings. The van der Waals surface area contributed by atoms with Gasteiger partial charge in [-0.2, -0.15) is 0 Å². The van der Waals surface area contributed by atoms with Gasteiger partial charge in [-0.3, -0.25) is 14.4 Å². The molecule has 2 aromatic carbocycles. The number of pyridine rings is 1. The maximum atomic E-state index is 14.2. The zero-order valence-electron chi connectivity index (χ0n) is 23.6. The molecule has 1 aromatic heterocycles. The summed E-state index contributed by atoms with van der Waals surface area (Å²) in [6, 6.07) is 10.9. The molecule has 0 aliphatic carbocycles. The first-order valence-corrected chi connectivity index (χ1v) is 12.9. The molecule has 0 saturated heterocycles. The van der Waals surface area contributed by atoms with Gasteiger partial charge < -0.3 is 20.5 Å². The third-order valence-corrected chi connectivity index (χ3v) is 6.03. The SMILES string of the molecule is C=CC(C)NC(=O)c1c(OCc2ccccc2)c(=O)c(C(=O)NCc2ccc(F)cc2F)cn1N(C(=O)O)C(C)(C)C. The van der Waals surface area contributed by atoms with Crippen molar-refractivity contribution in [1.82, 2.24) is 15.3 Å². The lowest BCUT2D eigenvalue weighted by molar-refractivity contribution is 0.0917. The fraction of sp³-hybridized carbons (Fsp3) is 0.267. The topological polar surface area (TPSA) is 130 Å². The van der Waals surface area contributed by atoms with Crippen molar-refractivity contribution >= 4 is 17.9 Å². The zero-order chi connectivity index (χ0) is 31.2. The van der Waals surface area contributed by atoms with Crippen LogP contribution < -0.4 is 25.8 Å². The Balaban J connectivity index is 2.23. The highest BCUT2D eigenvalue weighted by atomic mass is 19.1. The van der Waals surface area contributed by atoms with Crippen molar-refractivity contribution in [3.63, 3.8) is 0 Å². The van der Waals surface area contributed by atoms with Crippen LogP contribution in [-0.2, 0) is 13.2 Å². The van der Waals surface area contributed by atoms with Crippen molar-refractivity contribution in [2.75, 3.05) is 5.01 Å². The van der Waals surface area contributed by atoms with Gasteiger partial charge in [-0.25, -0.2) is 23.3 Å². The summed E-state index contributed by atoms with van der Waals surface area (Å²) in [5.74, 6) is -4.16. The van der Waals surface area contributed by atoms with E-state index in [1.54, 1.807) is 58.0 Å². The molecule has 3 aromatic rings. The van der Waals surface area contributed by atoms with E-state index in [-0.39, 0.29) is 12.2 Å². The molecule has 1 heterocycles. The van der Waals surface area contributed by atoms with Crippen LogP contribution in [0.1, 0.15) is 59.7 Å². The summed E-state index contributed by atoms with van der Waals surface area (Å²) in [5.41, 5.74) is -2.66.